The lowest BCUT2D eigenvalue weighted by atomic mass is 10.0. The lowest BCUT2D eigenvalue weighted by Crippen LogP contribution is -2.19. The van der Waals surface area contributed by atoms with Crippen LogP contribution in [-0.2, 0) is 0 Å². The summed E-state index contributed by atoms with van der Waals surface area (Å²) in [6.45, 7) is 0. The Hall–Kier alpha value is -1.38. The second-order valence-electron chi connectivity index (χ2n) is 3.91. The summed E-state index contributed by atoms with van der Waals surface area (Å²) < 4.78 is 0. The van der Waals surface area contributed by atoms with E-state index in [2.05, 4.69) is 12.1 Å². The standard InChI is InChI=1S/C13H15NO/c1-14(2)13(15)12-9-5-7-10-6-3-4-8-11(10)12/h3-9,13,15H,1-2H3. The Bertz CT molecular complexity index is 460. The monoisotopic (exact) mass is 201 g/mol. The number of hydrogen-bond acceptors (Lipinski definition) is 2. The van der Waals surface area contributed by atoms with E-state index in [9.17, 15) is 5.11 Å². The highest BCUT2D eigenvalue weighted by Gasteiger charge is 2.11. The minimum Gasteiger partial charge on any atom is -0.374 e. The van der Waals surface area contributed by atoms with Crippen molar-refractivity contribution >= 4 is 10.8 Å². The van der Waals surface area contributed by atoms with Gasteiger partial charge >= 0.3 is 0 Å². The summed E-state index contributed by atoms with van der Waals surface area (Å²) in [7, 11) is 3.74. The molecule has 0 radical (unpaired) electrons. The van der Waals surface area contributed by atoms with Gasteiger partial charge in [-0.05, 0) is 24.9 Å². The number of nitrogens with zero attached hydrogens (tertiary/aromatic N) is 1. The first kappa shape index (κ1) is 10.1. The van der Waals surface area contributed by atoms with Gasteiger partial charge in [0.15, 0.2) is 0 Å². The first-order valence-electron chi connectivity index (χ1n) is 5.02. The van der Waals surface area contributed by atoms with E-state index in [1.54, 1.807) is 4.90 Å². The Balaban J connectivity index is 2.60. The quantitative estimate of drug-likeness (QED) is 0.754. The van der Waals surface area contributed by atoms with E-state index < -0.39 is 6.23 Å². The van der Waals surface area contributed by atoms with E-state index >= 15 is 0 Å². The molecule has 0 bridgehead atoms. The maximum absolute atomic E-state index is 10.0. The van der Waals surface area contributed by atoms with E-state index in [0.717, 1.165) is 16.3 Å². The Morgan fingerprint density at radius 2 is 1.67 bits per heavy atom. The summed E-state index contributed by atoms with van der Waals surface area (Å²) >= 11 is 0. The number of aliphatic hydroxyl groups excluding tert-OH is 1. The molecule has 2 rings (SSSR count). The zero-order valence-electron chi connectivity index (χ0n) is 9.01. The fourth-order valence-electron chi connectivity index (χ4n) is 1.75. The normalized spacial score (nSPS) is 13.3. The third kappa shape index (κ3) is 1.87. The van der Waals surface area contributed by atoms with Crippen LogP contribution in [0.4, 0.5) is 0 Å². The van der Waals surface area contributed by atoms with Crippen LogP contribution >= 0.6 is 0 Å². The van der Waals surface area contributed by atoms with Crippen LogP contribution in [-0.4, -0.2) is 24.1 Å². The molecule has 0 saturated heterocycles. The predicted molar refractivity (Wildman–Crippen MR) is 62.6 cm³/mol. The van der Waals surface area contributed by atoms with Gasteiger partial charge in [0.25, 0.3) is 0 Å². The third-order valence-corrected chi connectivity index (χ3v) is 2.59. The molecular formula is C13H15NO. The minimum atomic E-state index is -0.545. The van der Waals surface area contributed by atoms with Gasteiger partial charge in [-0.25, -0.2) is 0 Å². The van der Waals surface area contributed by atoms with E-state index in [4.69, 9.17) is 0 Å². The third-order valence-electron chi connectivity index (χ3n) is 2.59. The van der Waals surface area contributed by atoms with Gasteiger partial charge in [0, 0.05) is 5.56 Å². The summed E-state index contributed by atoms with van der Waals surface area (Å²) in [5, 5.41) is 12.3. The number of hydrogen-bond donors (Lipinski definition) is 1. The molecule has 0 aliphatic heterocycles. The Morgan fingerprint density at radius 1 is 1.00 bits per heavy atom. The van der Waals surface area contributed by atoms with Crippen LogP contribution in [0.3, 0.4) is 0 Å². The lowest BCUT2D eigenvalue weighted by molar-refractivity contribution is 0.0408. The molecule has 15 heavy (non-hydrogen) atoms. The van der Waals surface area contributed by atoms with Crippen LogP contribution in [0.15, 0.2) is 42.5 Å². The summed E-state index contributed by atoms with van der Waals surface area (Å²) in [4.78, 5) is 1.79. The highest BCUT2D eigenvalue weighted by atomic mass is 16.3. The van der Waals surface area contributed by atoms with Crippen LogP contribution in [0, 0.1) is 0 Å². The van der Waals surface area contributed by atoms with Crippen molar-refractivity contribution in [3.8, 4) is 0 Å². The molecule has 2 heteroatoms. The molecule has 0 heterocycles. The van der Waals surface area contributed by atoms with Gasteiger partial charge in [-0.3, -0.25) is 4.90 Å². The maximum atomic E-state index is 10.0. The van der Waals surface area contributed by atoms with Crippen LogP contribution in [0.25, 0.3) is 10.8 Å². The van der Waals surface area contributed by atoms with Gasteiger partial charge in [-0.15, -0.1) is 0 Å². The number of fused-ring (bicyclic) bond motifs is 1. The Kier molecular flexibility index (Phi) is 2.71. The minimum absolute atomic E-state index is 0.545. The summed E-state index contributed by atoms with van der Waals surface area (Å²) in [5.74, 6) is 0. The number of benzene rings is 2. The maximum Gasteiger partial charge on any atom is 0.133 e. The fraction of sp³-hybridized carbons (Fsp3) is 0.231. The van der Waals surface area contributed by atoms with E-state index in [0.29, 0.717) is 0 Å². The topological polar surface area (TPSA) is 23.5 Å². The summed E-state index contributed by atoms with van der Waals surface area (Å²) in [6, 6.07) is 14.1. The highest BCUT2D eigenvalue weighted by Crippen LogP contribution is 2.24. The molecule has 0 aliphatic rings. The first-order valence-corrected chi connectivity index (χ1v) is 5.02. The smallest absolute Gasteiger partial charge is 0.133 e. The van der Waals surface area contributed by atoms with Crippen molar-refractivity contribution in [3.63, 3.8) is 0 Å². The van der Waals surface area contributed by atoms with Crippen molar-refractivity contribution in [3.05, 3.63) is 48.0 Å². The molecule has 0 aromatic heterocycles. The average molecular weight is 201 g/mol. The molecule has 0 aliphatic carbocycles. The SMILES string of the molecule is CN(C)C(O)c1cccc2ccccc12. The second kappa shape index (κ2) is 4.01. The molecule has 0 amide bonds. The molecule has 2 aromatic rings. The fourth-order valence-corrected chi connectivity index (χ4v) is 1.75. The van der Waals surface area contributed by atoms with E-state index in [-0.39, 0.29) is 0 Å². The summed E-state index contributed by atoms with van der Waals surface area (Å²) in [6.07, 6.45) is -0.545. The van der Waals surface area contributed by atoms with Crippen molar-refractivity contribution in [2.24, 2.45) is 0 Å². The molecule has 1 atom stereocenters. The van der Waals surface area contributed by atoms with Gasteiger partial charge in [0.1, 0.15) is 6.23 Å². The predicted octanol–water partition coefficient (Wildman–Crippen LogP) is 2.39. The Labute approximate surface area is 89.8 Å². The van der Waals surface area contributed by atoms with E-state index in [1.165, 1.54) is 0 Å². The zero-order valence-corrected chi connectivity index (χ0v) is 9.01. The first-order chi connectivity index (χ1) is 7.20. The van der Waals surface area contributed by atoms with Gasteiger partial charge in [0.05, 0.1) is 0 Å². The number of aliphatic hydroxyl groups is 1. The van der Waals surface area contributed by atoms with Crippen LogP contribution in [0.1, 0.15) is 11.8 Å². The molecule has 0 fully saturated rings. The second-order valence-corrected chi connectivity index (χ2v) is 3.91. The molecule has 1 unspecified atom stereocenters. The molecule has 0 saturated carbocycles. The molecule has 2 aromatic carbocycles. The molecule has 2 nitrogen and oxygen atoms in total. The molecule has 0 spiro atoms. The van der Waals surface area contributed by atoms with Crippen LogP contribution < -0.4 is 0 Å². The Morgan fingerprint density at radius 3 is 2.40 bits per heavy atom. The molecular weight excluding hydrogens is 186 g/mol. The molecule has 1 N–H and O–H groups in total. The van der Waals surface area contributed by atoms with Crippen molar-refractivity contribution in [2.75, 3.05) is 14.1 Å². The average Bonchev–Trinajstić information content (AvgIpc) is 2.27. The molecule has 78 valence electrons. The lowest BCUT2D eigenvalue weighted by Gasteiger charge is -2.20. The van der Waals surface area contributed by atoms with Gasteiger partial charge < -0.3 is 5.11 Å². The number of rotatable bonds is 2. The van der Waals surface area contributed by atoms with Crippen molar-refractivity contribution < 1.29 is 5.11 Å². The zero-order chi connectivity index (χ0) is 10.8. The van der Waals surface area contributed by atoms with Gasteiger partial charge in [-0.1, -0.05) is 42.5 Å². The van der Waals surface area contributed by atoms with Crippen LogP contribution in [0.5, 0.6) is 0 Å². The van der Waals surface area contributed by atoms with Crippen molar-refractivity contribution in [2.45, 2.75) is 6.23 Å². The van der Waals surface area contributed by atoms with Crippen LogP contribution in [0.2, 0.25) is 0 Å². The van der Waals surface area contributed by atoms with E-state index in [1.807, 2.05) is 44.4 Å². The van der Waals surface area contributed by atoms with Gasteiger partial charge in [0.2, 0.25) is 0 Å². The van der Waals surface area contributed by atoms with Gasteiger partial charge in [-0.2, -0.15) is 0 Å². The highest BCUT2D eigenvalue weighted by molar-refractivity contribution is 5.85. The summed E-state index contributed by atoms with van der Waals surface area (Å²) in [5.41, 5.74) is 0.957. The van der Waals surface area contributed by atoms with Crippen molar-refractivity contribution in [1.82, 2.24) is 4.90 Å². The van der Waals surface area contributed by atoms with Crippen molar-refractivity contribution in [1.29, 1.82) is 0 Å². The largest absolute Gasteiger partial charge is 0.374 e.